The van der Waals surface area contributed by atoms with Crippen LogP contribution in [0, 0.1) is 5.41 Å². The number of halogens is 3. The van der Waals surface area contributed by atoms with Gasteiger partial charge in [0.1, 0.15) is 0 Å². The van der Waals surface area contributed by atoms with Crippen LogP contribution >= 0.6 is 0 Å². The molecule has 0 heterocycles. The van der Waals surface area contributed by atoms with Crippen molar-refractivity contribution in [2.24, 2.45) is 5.41 Å². The Balaban J connectivity index is 4.69. The predicted molar refractivity (Wildman–Crippen MR) is 36.9 cm³/mol. The SMILES string of the molecule is CC(C)(C)C(F)C(F)(F)C(=O)O. The van der Waals surface area contributed by atoms with Gasteiger partial charge >= 0.3 is 11.9 Å². The summed E-state index contributed by atoms with van der Waals surface area (Å²) in [5.41, 5.74) is -1.37. The molecule has 1 atom stereocenters. The van der Waals surface area contributed by atoms with Gasteiger partial charge < -0.3 is 5.11 Å². The van der Waals surface area contributed by atoms with Crippen molar-refractivity contribution in [3.8, 4) is 0 Å². The van der Waals surface area contributed by atoms with Gasteiger partial charge in [-0.05, 0) is 5.41 Å². The lowest BCUT2D eigenvalue weighted by molar-refractivity contribution is -0.182. The van der Waals surface area contributed by atoms with Crippen LogP contribution in [0.3, 0.4) is 0 Å². The zero-order chi connectivity index (χ0) is 10.2. The van der Waals surface area contributed by atoms with E-state index in [0.717, 1.165) is 0 Å². The highest BCUT2D eigenvalue weighted by Crippen LogP contribution is 2.34. The lowest BCUT2D eigenvalue weighted by Gasteiger charge is -2.27. The maximum atomic E-state index is 12.8. The Labute approximate surface area is 68.4 Å². The number of carboxylic acids is 1. The second-order valence-electron chi connectivity index (χ2n) is 3.66. The summed E-state index contributed by atoms with van der Waals surface area (Å²) in [4.78, 5) is 9.92. The summed E-state index contributed by atoms with van der Waals surface area (Å²) >= 11 is 0. The number of hydrogen-bond acceptors (Lipinski definition) is 1. The van der Waals surface area contributed by atoms with Gasteiger partial charge in [-0.25, -0.2) is 9.18 Å². The molecule has 0 aromatic rings. The van der Waals surface area contributed by atoms with Gasteiger partial charge in [-0.2, -0.15) is 8.78 Å². The summed E-state index contributed by atoms with van der Waals surface area (Å²) in [5.74, 6) is -6.73. The van der Waals surface area contributed by atoms with Gasteiger partial charge in [0.05, 0.1) is 0 Å². The highest BCUT2D eigenvalue weighted by atomic mass is 19.3. The normalized spacial score (nSPS) is 15.8. The third-order valence-electron chi connectivity index (χ3n) is 1.36. The average molecular weight is 184 g/mol. The van der Waals surface area contributed by atoms with Crippen molar-refractivity contribution in [2.75, 3.05) is 0 Å². The number of alkyl halides is 3. The van der Waals surface area contributed by atoms with Crippen LogP contribution in [0.4, 0.5) is 13.2 Å². The molecule has 5 heteroatoms. The van der Waals surface area contributed by atoms with Crippen molar-refractivity contribution in [3.05, 3.63) is 0 Å². The van der Waals surface area contributed by atoms with Gasteiger partial charge in [0.25, 0.3) is 0 Å². The molecule has 0 aliphatic rings. The Morgan fingerprint density at radius 2 is 1.67 bits per heavy atom. The number of carboxylic acid groups (broad SMARTS) is 1. The van der Waals surface area contributed by atoms with Crippen LogP contribution in [-0.4, -0.2) is 23.2 Å². The molecule has 0 saturated heterocycles. The standard InChI is InChI=1S/C7H11F3O2/c1-6(2,3)4(8)7(9,10)5(11)12/h4H,1-3H3,(H,11,12). The van der Waals surface area contributed by atoms with Crippen LogP contribution in [0.15, 0.2) is 0 Å². The van der Waals surface area contributed by atoms with Crippen LogP contribution in [0.2, 0.25) is 0 Å². The molecule has 0 aliphatic heterocycles. The van der Waals surface area contributed by atoms with Crippen LogP contribution in [0.1, 0.15) is 20.8 Å². The third-order valence-corrected chi connectivity index (χ3v) is 1.36. The second-order valence-corrected chi connectivity index (χ2v) is 3.66. The minimum absolute atomic E-state index is 1.22. The molecule has 0 spiro atoms. The molecule has 0 saturated carbocycles. The zero-order valence-electron chi connectivity index (χ0n) is 7.07. The molecule has 0 aromatic carbocycles. The summed E-state index contributed by atoms with van der Waals surface area (Å²) < 4.78 is 37.7. The molecule has 2 nitrogen and oxygen atoms in total. The van der Waals surface area contributed by atoms with Gasteiger partial charge in [0, 0.05) is 0 Å². The number of rotatable bonds is 2. The predicted octanol–water partition coefficient (Wildman–Crippen LogP) is 2.09. The first-order chi connectivity index (χ1) is 5.10. The Hall–Kier alpha value is -0.740. The summed E-state index contributed by atoms with van der Waals surface area (Å²) in [6.07, 6.45) is -2.68. The van der Waals surface area contributed by atoms with E-state index in [1.807, 2.05) is 0 Å². The lowest BCUT2D eigenvalue weighted by Crippen LogP contribution is -2.45. The monoisotopic (exact) mass is 184 g/mol. The average Bonchev–Trinajstić information content (AvgIpc) is 1.83. The van der Waals surface area contributed by atoms with E-state index in [1.165, 1.54) is 20.8 Å². The Morgan fingerprint density at radius 3 is 1.75 bits per heavy atom. The highest BCUT2D eigenvalue weighted by molar-refractivity contribution is 5.76. The van der Waals surface area contributed by atoms with E-state index < -0.39 is 23.5 Å². The molecule has 0 radical (unpaired) electrons. The van der Waals surface area contributed by atoms with E-state index >= 15 is 0 Å². The minimum atomic E-state index is -4.31. The minimum Gasteiger partial charge on any atom is -0.477 e. The highest BCUT2D eigenvalue weighted by Gasteiger charge is 2.53. The maximum Gasteiger partial charge on any atom is 0.377 e. The Bertz CT molecular complexity index is 184. The fourth-order valence-electron chi connectivity index (χ4n) is 0.652. The van der Waals surface area contributed by atoms with E-state index in [0.29, 0.717) is 0 Å². The molecule has 0 aliphatic carbocycles. The van der Waals surface area contributed by atoms with E-state index in [2.05, 4.69) is 0 Å². The lowest BCUT2D eigenvalue weighted by atomic mass is 9.86. The van der Waals surface area contributed by atoms with Gasteiger partial charge in [0.2, 0.25) is 0 Å². The molecule has 72 valence electrons. The summed E-state index contributed by atoms with van der Waals surface area (Å²) in [6, 6.07) is 0. The molecule has 0 bridgehead atoms. The molecular weight excluding hydrogens is 173 g/mol. The van der Waals surface area contributed by atoms with Crippen LogP contribution in [0.5, 0.6) is 0 Å². The van der Waals surface area contributed by atoms with E-state index in [4.69, 9.17) is 5.11 Å². The quantitative estimate of drug-likeness (QED) is 0.713. The second kappa shape index (κ2) is 2.95. The molecule has 0 fully saturated rings. The van der Waals surface area contributed by atoms with Crippen molar-refractivity contribution in [2.45, 2.75) is 32.9 Å². The van der Waals surface area contributed by atoms with Crippen molar-refractivity contribution in [1.82, 2.24) is 0 Å². The zero-order valence-corrected chi connectivity index (χ0v) is 7.07. The third kappa shape index (κ3) is 2.12. The number of carbonyl (C=O) groups is 1. The topological polar surface area (TPSA) is 37.3 Å². The fraction of sp³-hybridized carbons (Fsp3) is 0.857. The van der Waals surface area contributed by atoms with E-state index in [9.17, 15) is 18.0 Å². The van der Waals surface area contributed by atoms with Crippen molar-refractivity contribution >= 4 is 5.97 Å². The number of aliphatic carboxylic acids is 1. The molecule has 0 amide bonds. The van der Waals surface area contributed by atoms with E-state index in [-0.39, 0.29) is 0 Å². The van der Waals surface area contributed by atoms with E-state index in [1.54, 1.807) is 0 Å². The fourth-order valence-corrected chi connectivity index (χ4v) is 0.652. The molecule has 0 aromatic heterocycles. The first-order valence-electron chi connectivity index (χ1n) is 3.35. The van der Waals surface area contributed by atoms with Crippen molar-refractivity contribution in [3.63, 3.8) is 0 Å². The molecule has 0 rings (SSSR count). The van der Waals surface area contributed by atoms with Crippen LogP contribution in [-0.2, 0) is 4.79 Å². The van der Waals surface area contributed by atoms with Gasteiger partial charge in [0.15, 0.2) is 6.17 Å². The summed E-state index contributed by atoms with van der Waals surface area (Å²) in [5, 5.41) is 7.98. The van der Waals surface area contributed by atoms with Crippen molar-refractivity contribution < 1.29 is 23.1 Å². The maximum absolute atomic E-state index is 12.8. The van der Waals surface area contributed by atoms with Crippen molar-refractivity contribution in [1.29, 1.82) is 0 Å². The molecule has 1 N–H and O–H groups in total. The Kier molecular flexibility index (Phi) is 2.77. The number of hydrogen-bond donors (Lipinski definition) is 1. The molecule has 12 heavy (non-hydrogen) atoms. The van der Waals surface area contributed by atoms with Crippen LogP contribution in [0.25, 0.3) is 0 Å². The largest absolute Gasteiger partial charge is 0.477 e. The Morgan fingerprint density at radius 1 is 1.33 bits per heavy atom. The van der Waals surface area contributed by atoms with Gasteiger partial charge in [-0.3, -0.25) is 0 Å². The van der Waals surface area contributed by atoms with Crippen LogP contribution < -0.4 is 0 Å². The first-order valence-corrected chi connectivity index (χ1v) is 3.35. The van der Waals surface area contributed by atoms with Gasteiger partial charge in [-0.15, -0.1) is 0 Å². The summed E-state index contributed by atoms with van der Waals surface area (Å²) in [6.45, 7) is 3.65. The smallest absolute Gasteiger partial charge is 0.377 e. The molecule has 1 unspecified atom stereocenters. The van der Waals surface area contributed by atoms with Gasteiger partial charge in [-0.1, -0.05) is 20.8 Å². The summed E-state index contributed by atoms with van der Waals surface area (Å²) in [7, 11) is 0. The first kappa shape index (κ1) is 11.3. The molecular formula is C7H11F3O2.